The predicted molar refractivity (Wildman–Crippen MR) is 73.2 cm³/mol. The van der Waals surface area contributed by atoms with E-state index in [-0.39, 0.29) is 34.3 Å². The molecule has 20 heavy (non-hydrogen) atoms. The second-order valence-corrected chi connectivity index (χ2v) is 4.44. The minimum Gasteiger partial charge on any atom is -0.484 e. The number of hydrogen-bond acceptors (Lipinski definition) is 2. The summed E-state index contributed by atoms with van der Waals surface area (Å²) in [5, 5.41) is 7.36. The van der Waals surface area contributed by atoms with E-state index < -0.39 is 11.6 Å². The molecule has 6 heteroatoms. The molecule has 0 aliphatic carbocycles. The number of hydrogen-bond donors (Lipinski definition) is 2. The van der Waals surface area contributed by atoms with Gasteiger partial charge < -0.3 is 10.5 Å². The van der Waals surface area contributed by atoms with Crippen LogP contribution in [0.4, 0.5) is 8.78 Å². The second kappa shape index (κ2) is 5.88. The van der Waals surface area contributed by atoms with Crippen molar-refractivity contribution in [1.29, 1.82) is 5.41 Å². The van der Waals surface area contributed by atoms with E-state index in [0.717, 1.165) is 0 Å². The number of benzene rings is 2. The van der Waals surface area contributed by atoms with Crippen LogP contribution < -0.4 is 10.5 Å². The van der Waals surface area contributed by atoms with Crippen LogP contribution in [0.15, 0.2) is 36.4 Å². The zero-order valence-electron chi connectivity index (χ0n) is 10.3. The minimum absolute atomic E-state index is 0.0225. The lowest BCUT2D eigenvalue weighted by Gasteiger charge is -2.11. The maximum absolute atomic E-state index is 14.0. The molecule has 0 radical (unpaired) electrons. The maximum Gasteiger partial charge on any atom is 0.174 e. The van der Waals surface area contributed by atoms with Crippen molar-refractivity contribution in [3.63, 3.8) is 0 Å². The van der Waals surface area contributed by atoms with Gasteiger partial charge in [-0.15, -0.1) is 0 Å². The van der Waals surface area contributed by atoms with E-state index >= 15 is 0 Å². The summed E-state index contributed by atoms with van der Waals surface area (Å²) in [4.78, 5) is 0. The molecule has 0 fully saturated rings. The second-order valence-electron chi connectivity index (χ2n) is 4.03. The first-order valence-corrected chi connectivity index (χ1v) is 6.07. The van der Waals surface area contributed by atoms with E-state index in [1.807, 2.05) is 0 Å². The van der Waals surface area contributed by atoms with Gasteiger partial charge in [0, 0.05) is 5.56 Å². The monoisotopic (exact) mass is 296 g/mol. The third-order valence-corrected chi connectivity index (χ3v) is 2.96. The van der Waals surface area contributed by atoms with Crippen LogP contribution in [0.1, 0.15) is 11.1 Å². The fourth-order valence-corrected chi connectivity index (χ4v) is 1.89. The number of halogens is 3. The quantitative estimate of drug-likeness (QED) is 0.670. The first-order chi connectivity index (χ1) is 9.50. The molecule has 2 rings (SSSR count). The Kier molecular flexibility index (Phi) is 4.20. The van der Waals surface area contributed by atoms with Crippen molar-refractivity contribution in [3.8, 4) is 5.75 Å². The van der Waals surface area contributed by atoms with Gasteiger partial charge in [-0.05, 0) is 18.2 Å². The summed E-state index contributed by atoms with van der Waals surface area (Å²) in [6.45, 7) is -0.215. The van der Waals surface area contributed by atoms with Gasteiger partial charge in [-0.1, -0.05) is 29.8 Å². The van der Waals surface area contributed by atoms with E-state index in [0.29, 0.717) is 0 Å². The van der Waals surface area contributed by atoms with Gasteiger partial charge in [-0.2, -0.15) is 0 Å². The van der Waals surface area contributed by atoms with Crippen LogP contribution in [0.2, 0.25) is 5.02 Å². The summed E-state index contributed by atoms with van der Waals surface area (Å²) < 4.78 is 32.7. The molecule has 0 amide bonds. The molecule has 3 nitrogen and oxygen atoms in total. The Labute approximate surface area is 119 Å². The summed E-state index contributed by atoms with van der Waals surface area (Å²) in [6, 6.07) is 8.52. The van der Waals surface area contributed by atoms with Crippen molar-refractivity contribution >= 4 is 17.4 Å². The van der Waals surface area contributed by atoms with Gasteiger partial charge in [-0.3, -0.25) is 5.41 Å². The fraction of sp³-hybridized carbons (Fsp3) is 0.0714. The molecule has 0 aliphatic heterocycles. The van der Waals surface area contributed by atoms with Gasteiger partial charge >= 0.3 is 0 Å². The van der Waals surface area contributed by atoms with Crippen LogP contribution in [0.5, 0.6) is 5.75 Å². The largest absolute Gasteiger partial charge is 0.484 e. The van der Waals surface area contributed by atoms with Gasteiger partial charge in [0.1, 0.15) is 18.3 Å². The standard InChI is InChI=1S/C14H11ClF2N2O/c15-10-5-2-6-11(16)13(10)20-7-8-3-1-4-9(12(8)17)14(18)19/h1-6H,7H2,(H3,18,19). The minimum atomic E-state index is -0.660. The van der Waals surface area contributed by atoms with E-state index in [2.05, 4.69) is 0 Å². The zero-order valence-corrected chi connectivity index (χ0v) is 11.0. The highest BCUT2D eigenvalue weighted by atomic mass is 35.5. The van der Waals surface area contributed by atoms with Crippen molar-refractivity contribution in [2.75, 3.05) is 0 Å². The average molecular weight is 297 g/mol. The number of nitrogens with one attached hydrogen (secondary N) is 1. The molecule has 2 aromatic carbocycles. The summed E-state index contributed by atoms with van der Waals surface area (Å²) in [6.07, 6.45) is 0. The van der Waals surface area contributed by atoms with Crippen molar-refractivity contribution in [2.24, 2.45) is 5.73 Å². The SMILES string of the molecule is N=C(N)c1cccc(COc2c(F)cccc2Cl)c1F. The van der Waals surface area contributed by atoms with Crippen LogP contribution in [0.3, 0.4) is 0 Å². The van der Waals surface area contributed by atoms with E-state index in [1.165, 1.54) is 30.3 Å². The molecule has 2 aromatic rings. The Morgan fingerprint density at radius 3 is 2.55 bits per heavy atom. The summed E-state index contributed by atoms with van der Waals surface area (Å²) in [5.74, 6) is -1.80. The van der Waals surface area contributed by atoms with Crippen molar-refractivity contribution < 1.29 is 13.5 Å². The molecule has 0 bridgehead atoms. The molecule has 0 saturated carbocycles. The topological polar surface area (TPSA) is 59.1 Å². The Morgan fingerprint density at radius 1 is 1.20 bits per heavy atom. The normalized spacial score (nSPS) is 10.3. The zero-order chi connectivity index (χ0) is 14.7. The van der Waals surface area contributed by atoms with Crippen LogP contribution in [-0.4, -0.2) is 5.84 Å². The number of ether oxygens (including phenoxy) is 1. The van der Waals surface area contributed by atoms with Gasteiger partial charge in [-0.25, -0.2) is 8.78 Å². The third kappa shape index (κ3) is 2.88. The molecule has 0 spiro atoms. The molecule has 0 unspecified atom stereocenters. The number of para-hydroxylation sites is 1. The van der Waals surface area contributed by atoms with Gasteiger partial charge in [0.2, 0.25) is 0 Å². The Bertz CT molecular complexity index is 641. The lowest BCUT2D eigenvalue weighted by Crippen LogP contribution is -2.14. The van der Waals surface area contributed by atoms with Gasteiger partial charge in [0.05, 0.1) is 10.6 Å². The molecule has 0 aliphatic rings. The van der Waals surface area contributed by atoms with Crippen LogP contribution in [0, 0.1) is 17.0 Å². The molecular formula is C14H11ClF2N2O. The first kappa shape index (κ1) is 14.3. The molecular weight excluding hydrogens is 286 g/mol. The van der Waals surface area contributed by atoms with Crippen molar-refractivity contribution in [1.82, 2.24) is 0 Å². The lowest BCUT2D eigenvalue weighted by molar-refractivity contribution is 0.285. The van der Waals surface area contributed by atoms with Crippen molar-refractivity contribution in [3.05, 3.63) is 64.2 Å². The Hall–Kier alpha value is -2.14. The lowest BCUT2D eigenvalue weighted by atomic mass is 10.1. The van der Waals surface area contributed by atoms with Gasteiger partial charge in [0.15, 0.2) is 11.6 Å². The predicted octanol–water partition coefficient (Wildman–Crippen LogP) is 3.48. The summed E-state index contributed by atoms with van der Waals surface area (Å²) in [7, 11) is 0. The highest BCUT2D eigenvalue weighted by Crippen LogP contribution is 2.28. The number of nitrogen functional groups attached to an aromatic ring is 1. The Balaban J connectivity index is 2.24. The molecule has 3 N–H and O–H groups in total. The summed E-state index contributed by atoms with van der Waals surface area (Å²) >= 11 is 5.80. The molecule has 0 aromatic heterocycles. The third-order valence-electron chi connectivity index (χ3n) is 2.66. The highest BCUT2D eigenvalue weighted by Gasteiger charge is 2.13. The number of nitrogens with two attached hydrogens (primary N) is 1. The number of amidine groups is 1. The van der Waals surface area contributed by atoms with Crippen molar-refractivity contribution in [2.45, 2.75) is 6.61 Å². The molecule has 0 atom stereocenters. The highest BCUT2D eigenvalue weighted by molar-refractivity contribution is 6.32. The van der Waals surface area contributed by atoms with Crippen LogP contribution >= 0.6 is 11.6 Å². The van der Waals surface area contributed by atoms with E-state index in [4.69, 9.17) is 27.5 Å². The fourth-order valence-electron chi connectivity index (χ4n) is 1.67. The average Bonchev–Trinajstić information content (AvgIpc) is 2.39. The molecule has 0 saturated heterocycles. The Morgan fingerprint density at radius 2 is 1.90 bits per heavy atom. The van der Waals surface area contributed by atoms with E-state index in [9.17, 15) is 8.78 Å². The molecule has 104 valence electrons. The summed E-state index contributed by atoms with van der Waals surface area (Å²) in [5.41, 5.74) is 5.40. The van der Waals surface area contributed by atoms with Gasteiger partial charge in [0.25, 0.3) is 0 Å². The maximum atomic E-state index is 14.0. The smallest absolute Gasteiger partial charge is 0.174 e. The van der Waals surface area contributed by atoms with Crippen LogP contribution in [0.25, 0.3) is 0 Å². The number of rotatable bonds is 4. The van der Waals surface area contributed by atoms with Crippen LogP contribution in [-0.2, 0) is 6.61 Å². The van der Waals surface area contributed by atoms with E-state index in [1.54, 1.807) is 6.07 Å². The molecule has 0 heterocycles. The first-order valence-electron chi connectivity index (χ1n) is 5.69.